The Morgan fingerprint density at radius 3 is 2.78 bits per heavy atom. The molecule has 2 aromatic carbocycles. The number of aromatic nitrogens is 3. The number of halogens is 1. The first-order chi connectivity index (χ1) is 15.6. The lowest BCUT2D eigenvalue weighted by molar-refractivity contribution is 0.112. The van der Waals surface area contributed by atoms with E-state index in [2.05, 4.69) is 40.7 Å². The number of hydrogen-bond donors (Lipinski definition) is 1. The van der Waals surface area contributed by atoms with Crippen molar-refractivity contribution in [2.45, 2.75) is 39.3 Å². The topological polar surface area (TPSA) is 63.3 Å². The number of para-hydroxylation sites is 1. The number of aliphatic hydroxyl groups is 1. The second-order valence-corrected chi connectivity index (χ2v) is 8.37. The maximum Gasteiger partial charge on any atom is 0.157 e. The summed E-state index contributed by atoms with van der Waals surface area (Å²) in [6.45, 7) is 6.55. The predicted molar refractivity (Wildman–Crippen MR) is 125 cm³/mol. The zero-order chi connectivity index (χ0) is 22.4. The molecule has 7 heteroatoms. The van der Waals surface area contributed by atoms with Gasteiger partial charge in [0.2, 0.25) is 0 Å². The first-order valence-electron chi connectivity index (χ1n) is 11.3. The number of rotatable bonds is 7. The molecule has 0 spiro atoms. The third kappa shape index (κ3) is 3.03. The van der Waals surface area contributed by atoms with Crippen molar-refractivity contribution in [2.75, 3.05) is 24.6 Å². The van der Waals surface area contributed by atoms with Gasteiger partial charge in [0.05, 0.1) is 28.5 Å². The molecule has 1 aliphatic heterocycles. The van der Waals surface area contributed by atoms with E-state index in [4.69, 9.17) is 4.98 Å². The summed E-state index contributed by atoms with van der Waals surface area (Å²) in [6, 6.07) is 11.6. The zero-order valence-electron chi connectivity index (χ0n) is 18.4. The highest BCUT2D eigenvalue weighted by Crippen LogP contribution is 2.42. The number of aliphatic hydroxyl groups excluding tert-OH is 1. The van der Waals surface area contributed by atoms with Crippen molar-refractivity contribution >= 4 is 33.9 Å². The van der Waals surface area contributed by atoms with Crippen LogP contribution in [-0.4, -0.2) is 45.2 Å². The molecule has 1 unspecified atom stereocenters. The SMILES string of the molecule is CCC1CN(CCCO)c2cccc3cc(-c4nc5cc(C=O)cc(F)c5n4CC)n1c23. The molecule has 1 N–H and O–H groups in total. The van der Waals surface area contributed by atoms with Crippen LogP contribution in [0.15, 0.2) is 36.4 Å². The number of hydrogen-bond acceptors (Lipinski definition) is 4. The molecule has 1 atom stereocenters. The number of nitrogens with zero attached hydrogens (tertiary/aromatic N) is 4. The van der Waals surface area contributed by atoms with Gasteiger partial charge in [0, 0.05) is 37.2 Å². The minimum absolute atomic E-state index is 0.171. The van der Waals surface area contributed by atoms with Gasteiger partial charge in [0.15, 0.2) is 5.82 Å². The molecule has 6 nitrogen and oxygen atoms in total. The Bertz CT molecular complexity index is 1320. The van der Waals surface area contributed by atoms with Crippen LogP contribution < -0.4 is 4.90 Å². The summed E-state index contributed by atoms with van der Waals surface area (Å²) < 4.78 is 19.2. The normalized spacial score (nSPS) is 15.8. The average Bonchev–Trinajstić information content (AvgIpc) is 3.38. The van der Waals surface area contributed by atoms with Crippen molar-refractivity contribution in [1.29, 1.82) is 0 Å². The minimum atomic E-state index is -0.428. The number of benzene rings is 2. The number of aldehydes is 1. The number of fused-ring (bicyclic) bond motifs is 1. The molecule has 3 heterocycles. The van der Waals surface area contributed by atoms with E-state index in [0.717, 1.165) is 48.2 Å². The quantitative estimate of drug-likeness (QED) is 0.425. The fourth-order valence-electron chi connectivity index (χ4n) is 5.10. The van der Waals surface area contributed by atoms with Gasteiger partial charge in [0.25, 0.3) is 0 Å². The number of imidazole rings is 1. The van der Waals surface area contributed by atoms with Gasteiger partial charge in [0.1, 0.15) is 17.6 Å². The summed E-state index contributed by atoms with van der Waals surface area (Å²) in [5.74, 6) is 0.289. The van der Waals surface area contributed by atoms with Crippen molar-refractivity contribution in [3.8, 4) is 11.5 Å². The Hall–Kier alpha value is -3.19. The Labute approximate surface area is 185 Å². The van der Waals surface area contributed by atoms with Crippen LogP contribution in [0.1, 0.15) is 43.1 Å². The van der Waals surface area contributed by atoms with E-state index < -0.39 is 5.82 Å². The summed E-state index contributed by atoms with van der Waals surface area (Å²) in [6.07, 6.45) is 2.32. The van der Waals surface area contributed by atoms with Crippen LogP contribution in [0.4, 0.5) is 10.1 Å². The van der Waals surface area contributed by atoms with Crippen molar-refractivity contribution in [2.24, 2.45) is 0 Å². The molecule has 32 heavy (non-hydrogen) atoms. The van der Waals surface area contributed by atoms with E-state index in [9.17, 15) is 14.3 Å². The standard InChI is InChI=1S/C25H27FN4O2/c1-3-18-14-28(9-6-10-31)21-8-5-7-17-13-22(30(18)23(17)21)25-27-20-12-16(15-32)11-19(26)24(20)29(25)4-2/h5,7-8,11-13,15,18,31H,3-4,6,9-10,14H2,1-2H3. The molecule has 1 aliphatic rings. The first kappa shape index (κ1) is 20.7. The lowest BCUT2D eigenvalue weighted by atomic mass is 10.1. The van der Waals surface area contributed by atoms with Gasteiger partial charge < -0.3 is 19.1 Å². The smallest absolute Gasteiger partial charge is 0.157 e. The maximum atomic E-state index is 14.9. The van der Waals surface area contributed by atoms with E-state index in [0.29, 0.717) is 29.7 Å². The van der Waals surface area contributed by atoms with Gasteiger partial charge >= 0.3 is 0 Å². The number of anilines is 1. The molecule has 4 aromatic rings. The van der Waals surface area contributed by atoms with Crippen molar-refractivity contribution in [3.63, 3.8) is 0 Å². The highest BCUT2D eigenvalue weighted by molar-refractivity contribution is 5.97. The third-order valence-electron chi connectivity index (χ3n) is 6.53. The van der Waals surface area contributed by atoms with Crippen LogP contribution in [-0.2, 0) is 6.54 Å². The summed E-state index contributed by atoms with van der Waals surface area (Å²) in [4.78, 5) is 18.4. The van der Waals surface area contributed by atoms with Crippen LogP contribution >= 0.6 is 0 Å². The van der Waals surface area contributed by atoms with Gasteiger partial charge in [-0.25, -0.2) is 9.37 Å². The molecular formula is C25H27FN4O2. The molecule has 0 amide bonds. The summed E-state index contributed by atoms with van der Waals surface area (Å²) in [5, 5.41) is 10.5. The average molecular weight is 435 g/mol. The van der Waals surface area contributed by atoms with E-state index >= 15 is 0 Å². The van der Waals surface area contributed by atoms with Crippen molar-refractivity contribution < 1.29 is 14.3 Å². The summed E-state index contributed by atoms with van der Waals surface area (Å²) in [7, 11) is 0. The van der Waals surface area contributed by atoms with Crippen LogP contribution in [0.3, 0.4) is 0 Å². The van der Waals surface area contributed by atoms with Gasteiger partial charge in [-0.05, 0) is 44.0 Å². The largest absolute Gasteiger partial charge is 0.396 e. The fraction of sp³-hybridized carbons (Fsp3) is 0.360. The third-order valence-corrected chi connectivity index (χ3v) is 6.53. The summed E-state index contributed by atoms with van der Waals surface area (Å²) in [5.41, 5.74) is 4.49. The van der Waals surface area contributed by atoms with Gasteiger partial charge in [-0.1, -0.05) is 19.1 Å². The molecular weight excluding hydrogens is 407 g/mol. The first-order valence-corrected chi connectivity index (χ1v) is 11.3. The number of carbonyl (C=O) groups is 1. The zero-order valence-corrected chi connectivity index (χ0v) is 18.4. The van der Waals surface area contributed by atoms with Crippen LogP contribution in [0.5, 0.6) is 0 Å². The molecule has 166 valence electrons. The molecule has 0 bridgehead atoms. The van der Waals surface area contributed by atoms with E-state index in [1.807, 2.05) is 11.5 Å². The Kier molecular flexibility index (Phi) is 5.21. The molecule has 0 fully saturated rings. The van der Waals surface area contributed by atoms with Gasteiger partial charge in [-0.15, -0.1) is 0 Å². The predicted octanol–water partition coefficient (Wildman–Crippen LogP) is 4.78. The van der Waals surface area contributed by atoms with E-state index in [-0.39, 0.29) is 18.2 Å². The van der Waals surface area contributed by atoms with Gasteiger partial charge in [-0.3, -0.25) is 4.79 Å². The minimum Gasteiger partial charge on any atom is -0.396 e. The van der Waals surface area contributed by atoms with Crippen LogP contribution in [0, 0.1) is 5.82 Å². The van der Waals surface area contributed by atoms with E-state index in [1.165, 1.54) is 6.07 Å². The Morgan fingerprint density at radius 2 is 2.06 bits per heavy atom. The van der Waals surface area contributed by atoms with Crippen LogP contribution in [0.2, 0.25) is 0 Å². The number of carbonyl (C=O) groups excluding carboxylic acids is 1. The second kappa shape index (κ2) is 8.06. The number of aryl methyl sites for hydroxylation is 1. The second-order valence-electron chi connectivity index (χ2n) is 8.37. The molecule has 0 saturated carbocycles. The molecule has 0 aliphatic carbocycles. The molecule has 2 aromatic heterocycles. The molecule has 5 rings (SSSR count). The van der Waals surface area contributed by atoms with Crippen molar-refractivity contribution in [3.05, 3.63) is 47.8 Å². The monoisotopic (exact) mass is 434 g/mol. The van der Waals surface area contributed by atoms with Crippen LogP contribution in [0.25, 0.3) is 33.5 Å². The summed E-state index contributed by atoms with van der Waals surface area (Å²) >= 11 is 0. The lowest BCUT2D eigenvalue weighted by Crippen LogP contribution is -2.36. The van der Waals surface area contributed by atoms with Gasteiger partial charge in [-0.2, -0.15) is 0 Å². The highest BCUT2D eigenvalue weighted by atomic mass is 19.1. The fourth-order valence-corrected chi connectivity index (χ4v) is 5.10. The molecule has 0 radical (unpaired) electrons. The van der Waals surface area contributed by atoms with E-state index in [1.54, 1.807) is 6.07 Å². The maximum absolute atomic E-state index is 14.9. The lowest BCUT2D eigenvalue weighted by Gasteiger charge is -2.36. The highest BCUT2D eigenvalue weighted by Gasteiger charge is 2.30. The Morgan fingerprint density at radius 1 is 1.22 bits per heavy atom. The molecule has 0 saturated heterocycles. The Balaban J connectivity index is 1.78. The van der Waals surface area contributed by atoms with Crippen molar-refractivity contribution in [1.82, 2.24) is 14.1 Å².